The first-order valence-corrected chi connectivity index (χ1v) is 12.6. The van der Waals surface area contributed by atoms with Gasteiger partial charge in [-0.1, -0.05) is 36.4 Å². The van der Waals surface area contributed by atoms with Gasteiger partial charge < -0.3 is 19.2 Å². The summed E-state index contributed by atoms with van der Waals surface area (Å²) in [6.07, 6.45) is 7.22. The number of hydrogen-bond acceptors (Lipinski definition) is 5. The third-order valence-corrected chi connectivity index (χ3v) is 5.98. The normalized spacial score (nSPS) is 11.9. The van der Waals surface area contributed by atoms with Gasteiger partial charge in [-0.2, -0.15) is 0 Å². The molecule has 0 saturated carbocycles. The van der Waals surface area contributed by atoms with E-state index in [4.69, 9.17) is 17.0 Å². The maximum atomic E-state index is 13.8. The Balaban J connectivity index is 1.57. The van der Waals surface area contributed by atoms with Crippen LogP contribution in [-0.4, -0.2) is 40.0 Å². The number of nitrogens with zero attached hydrogens (tertiary/aromatic N) is 2. The summed E-state index contributed by atoms with van der Waals surface area (Å²) in [5.74, 6) is -0.939. The van der Waals surface area contributed by atoms with Crippen LogP contribution in [0.3, 0.4) is 0 Å². The molecule has 4 aromatic rings. The van der Waals surface area contributed by atoms with Gasteiger partial charge >= 0.3 is 5.97 Å². The van der Waals surface area contributed by atoms with Crippen molar-refractivity contribution in [3.05, 3.63) is 108 Å². The van der Waals surface area contributed by atoms with Gasteiger partial charge in [0.1, 0.15) is 5.75 Å². The van der Waals surface area contributed by atoms with Crippen molar-refractivity contribution >= 4 is 11.9 Å². The Bertz CT molecular complexity index is 1380. The molecule has 0 aliphatic carbocycles. The lowest BCUT2D eigenvalue weighted by Gasteiger charge is -2.24. The number of carboxylic acid groups (broad SMARTS) is 1. The molecule has 0 atom stereocenters. The van der Waals surface area contributed by atoms with E-state index in [0.29, 0.717) is 43.6 Å². The highest BCUT2D eigenvalue weighted by molar-refractivity contribution is 5.94. The quantitative estimate of drug-likeness (QED) is 0.200. The van der Waals surface area contributed by atoms with Crippen molar-refractivity contribution < 1.29 is 26.6 Å². The van der Waals surface area contributed by atoms with E-state index in [9.17, 15) is 9.59 Å². The third-order valence-electron chi connectivity index (χ3n) is 5.98. The molecule has 0 fully saturated rings. The molecule has 2 aromatic heterocycles. The first-order valence-electron chi connectivity index (χ1n) is 13.6. The Labute approximate surface area is 225 Å². The lowest BCUT2D eigenvalue weighted by molar-refractivity contribution is -0.137. The average molecular weight is 515 g/mol. The van der Waals surface area contributed by atoms with Crippen LogP contribution in [0.5, 0.6) is 5.75 Å². The second kappa shape index (κ2) is 13.8. The molecular formula is C31H32N2O5. The van der Waals surface area contributed by atoms with Gasteiger partial charge in [-0.15, -0.1) is 0 Å². The van der Waals surface area contributed by atoms with Gasteiger partial charge in [-0.3, -0.25) is 14.6 Å². The van der Waals surface area contributed by atoms with Crippen molar-refractivity contribution in [2.24, 2.45) is 0 Å². The zero-order chi connectivity index (χ0) is 28.4. The summed E-state index contributed by atoms with van der Waals surface area (Å²) in [5.41, 5.74) is 3.11. The zero-order valence-electron chi connectivity index (χ0n) is 23.1. The number of aromatic nitrogens is 1. The van der Waals surface area contributed by atoms with E-state index in [-0.39, 0.29) is 18.5 Å². The summed E-state index contributed by atoms with van der Waals surface area (Å²) in [6, 6.07) is 21.1. The number of pyridine rings is 1. The molecule has 38 heavy (non-hydrogen) atoms. The van der Waals surface area contributed by atoms with Gasteiger partial charge in [0.2, 0.25) is 0 Å². The van der Waals surface area contributed by atoms with E-state index in [1.165, 1.54) is 4.90 Å². The summed E-state index contributed by atoms with van der Waals surface area (Å²) in [5, 5.41) is 8.81. The number of carbonyl (C=O) groups is 2. The monoisotopic (exact) mass is 514 g/mol. The first kappa shape index (κ1) is 24.0. The molecule has 7 nitrogen and oxygen atoms in total. The van der Waals surface area contributed by atoms with Crippen LogP contribution in [0.2, 0.25) is 0 Å². The van der Waals surface area contributed by atoms with Gasteiger partial charge in [-0.05, 0) is 61.2 Å². The fourth-order valence-electron chi connectivity index (χ4n) is 3.94. The standard InChI is InChI=1S/C31H32N2O5/c34-30(35)11-2-1-7-20-38-29-10-4-3-8-26(29)22-33(19-16-28-9-5-6-18-32-28)31(36)25-14-12-24(13-15-25)27-17-21-37-23-27/h3-6,8-10,12-15,17-18,21,23H,1-2,7,11,16,19-20,22H2,(H,34,35)/i22D2. The Morgan fingerprint density at radius 3 is 2.50 bits per heavy atom. The van der Waals surface area contributed by atoms with Crippen molar-refractivity contribution in [3.63, 3.8) is 0 Å². The molecule has 0 aliphatic heterocycles. The van der Waals surface area contributed by atoms with E-state index >= 15 is 0 Å². The topological polar surface area (TPSA) is 92.9 Å². The molecule has 4 rings (SSSR count). The molecule has 0 bridgehead atoms. The Morgan fingerprint density at radius 1 is 0.947 bits per heavy atom. The minimum atomic E-state index is -2.20. The third kappa shape index (κ3) is 7.80. The SMILES string of the molecule is [2H]C([2H])(c1ccccc1OCCCCCC(=O)O)N(CCc1ccccn1)C(=O)c1ccc(-c2ccoc2)cc1. The van der Waals surface area contributed by atoms with Crippen molar-refractivity contribution in [2.75, 3.05) is 13.2 Å². The number of carboxylic acids is 1. The summed E-state index contributed by atoms with van der Waals surface area (Å²) in [4.78, 5) is 30.1. The number of ether oxygens (including phenoxy) is 1. The lowest BCUT2D eigenvalue weighted by Crippen LogP contribution is -2.32. The molecule has 196 valence electrons. The maximum Gasteiger partial charge on any atom is 0.303 e. The minimum Gasteiger partial charge on any atom is -0.493 e. The van der Waals surface area contributed by atoms with Crippen molar-refractivity contribution in [1.29, 1.82) is 0 Å². The largest absolute Gasteiger partial charge is 0.493 e. The Morgan fingerprint density at radius 2 is 1.76 bits per heavy atom. The fraction of sp³-hybridized carbons (Fsp3) is 0.258. The number of benzene rings is 2. The van der Waals surface area contributed by atoms with Gasteiger partial charge in [-0.25, -0.2) is 0 Å². The molecule has 1 amide bonds. The number of para-hydroxylation sites is 1. The molecule has 2 aromatic carbocycles. The van der Waals surface area contributed by atoms with Gasteiger partial charge in [0.25, 0.3) is 5.91 Å². The molecule has 2 heterocycles. The fourth-order valence-corrected chi connectivity index (χ4v) is 3.94. The molecule has 0 saturated heterocycles. The van der Waals surface area contributed by atoms with Crippen LogP contribution >= 0.6 is 0 Å². The second-order valence-corrected chi connectivity index (χ2v) is 8.78. The van der Waals surface area contributed by atoms with E-state index in [2.05, 4.69) is 4.98 Å². The summed E-state index contributed by atoms with van der Waals surface area (Å²) in [7, 11) is 0. The number of hydrogen-bond donors (Lipinski definition) is 1. The van der Waals surface area contributed by atoms with E-state index in [1.807, 2.05) is 36.4 Å². The lowest BCUT2D eigenvalue weighted by atomic mass is 10.1. The van der Waals surface area contributed by atoms with Crippen molar-refractivity contribution in [2.45, 2.75) is 38.6 Å². The number of amides is 1. The summed E-state index contributed by atoms with van der Waals surface area (Å²) in [6.45, 7) is -1.80. The van der Waals surface area contributed by atoms with Crippen molar-refractivity contribution in [3.8, 4) is 16.9 Å². The van der Waals surface area contributed by atoms with Crippen LogP contribution in [0, 0.1) is 0 Å². The highest BCUT2D eigenvalue weighted by atomic mass is 16.5. The molecule has 0 unspecified atom stereocenters. The second-order valence-electron chi connectivity index (χ2n) is 8.78. The van der Waals surface area contributed by atoms with Gasteiger partial charge in [0, 0.05) is 54.5 Å². The molecular weight excluding hydrogens is 480 g/mol. The van der Waals surface area contributed by atoms with Crippen LogP contribution in [0.4, 0.5) is 0 Å². The summed E-state index contributed by atoms with van der Waals surface area (Å²) < 4.78 is 29.4. The van der Waals surface area contributed by atoms with Crippen LogP contribution in [0.25, 0.3) is 11.1 Å². The number of unbranched alkanes of at least 4 members (excludes halogenated alkanes) is 2. The van der Waals surface area contributed by atoms with Crippen LogP contribution < -0.4 is 4.74 Å². The molecule has 0 radical (unpaired) electrons. The van der Waals surface area contributed by atoms with Gasteiger partial charge in [0.05, 0.1) is 21.9 Å². The summed E-state index contributed by atoms with van der Waals surface area (Å²) >= 11 is 0. The smallest absolute Gasteiger partial charge is 0.303 e. The maximum absolute atomic E-state index is 13.8. The van der Waals surface area contributed by atoms with Crippen LogP contribution in [0.15, 0.2) is 95.9 Å². The molecule has 0 aliphatic rings. The minimum absolute atomic E-state index is 0.0931. The predicted octanol–water partition coefficient (Wildman–Crippen LogP) is 6.25. The van der Waals surface area contributed by atoms with E-state index in [1.54, 1.807) is 55.1 Å². The number of furan rings is 1. The van der Waals surface area contributed by atoms with E-state index < -0.39 is 18.4 Å². The highest BCUT2D eigenvalue weighted by Gasteiger charge is 2.19. The Kier molecular flexibility index (Phi) is 8.70. The molecule has 0 spiro atoms. The predicted molar refractivity (Wildman–Crippen MR) is 145 cm³/mol. The number of carbonyl (C=O) groups excluding carboxylic acids is 1. The Hall–Kier alpha value is -4.39. The highest BCUT2D eigenvalue weighted by Crippen LogP contribution is 2.24. The average Bonchev–Trinajstić information content (AvgIpc) is 3.51. The van der Waals surface area contributed by atoms with Crippen LogP contribution in [-0.2, 0) is 17.7 Å². The van der Waals surface area contributed by atoms with Crippen LogP contribution in [0.1, 0.15) is 50.0 Å². The first-order chi connectivity index (χ1) is 19.4. The zero-order valence-corrected chi connectivity index (χ0v) is 21.1. The van der Waals surface area contributed by atoms with Gasteiger partial charge in [0.15, 0.2) is 0 Å². The molecule has 7 heteroatoms. The van der Waals surface area contributed by atoms with E-state index in [0.717, 1.165) is 16.8 Å². The van der Waals surface area contributed by atoms with Crippen molar-refractivity contribution in [1.82, 2.24) is 9.88 Å². The number of aliphatic carboxylic acids is 1. The molecule has 1 N–H and O–H groups in total. The number of rotatable bonds is 14.